The lowest BCUT2D eigenvalue weighted by Gasteiger charge is -2.07. The van der Waals surface area contributed by atoms with Crippen LogP contribution in [0.2, 0.25) is 0 Å². The zero-order chi connectivity index (χ0) is 18.8. The topological polar surface area (TPSA) is 94.7 Å². The Morgan fingerprint density at radius 1 is 1.11 bits per heavy atom. The fourth-order valence-corrected chi connectivity index (χ4v) is 2.89. The number of nitrogens with zero attached hydrogens (tertiary/aromatic N) is 3. The minimum atomic E-state index is -0.967. The lowest BCUT2D eigenvalue weighted by Crippen LogP contribution is -1.99. The van der Waals surface area contributed by atoms with Gasteiger partial charge in [0.2, 0.25) is 0 Å². The molecule has 2 aromatic heterocycles. The van der Waals surface area contributed by atoms with Crippen LogP contribution in [0, 0.1) is 11.3 Å². The van der Waals surface area contributed by atoms with Gasteiger partial charge in [0.05, 0.1) is 22.2 Å². The van der Waals surface area contributed by atoms with Gasteiger partial charge in [-0.1, -0.05) is 12.1 Å². The fraction of sp³-hybridized carbons (Fsp3) is 0. The zero-order valence-electron chi connectivity index (χ0n) is 14.1. The number of hydrogen-bond acceptors (Lipinski definition) is 3. The van der Waals surface area contributed by atoms with Gasteiger partial charge in [0.15, 0.2) is 0 Å². The summed E-state index contributed by atoms with van der Waals surface area (Å²) in [7, 11) is 0. The Hall–Kier alpha value is -4.11. The Labute approximate surface area is 154 Å². The van der Waals surface area contributed by atoms with E-state index in [0.29, 0.717) is 11.4 Å². The minimum absolute atomic E-state index is 0.225. The second-order valence-electron chi connectivity index (χ2n) is 5.93. The number of hydrogen-bond donors (Lipinski definition) is 2. The molecule has 2 N–H and O–H groups in total. The molecule has 2 heterocycles. The van der Waals surface area contributed by atoms with Crippen molar-refractivity contribution >= 4 is 28.7 Å². The molecule has 0 radical (unpaired) electrons. The average molecular weight is 354 g/mol. The van der Waals surface area contributed by atoms with Gasteiger partial charge in [0.25, 0.3) is 0 Å². The molecule has 4 aromatic rings. The summed E-state index contributed by atoms with van der Waals surface area (Å²) in [5.74, 6) is -0.460. The molecule has 130 valence electrons. The molecule has 0 saturated carbocycles. The average Bonchev–Trinajstić information content (AvgIpc) is 3.32. The summed E-state index contributed by atoms with van der Waals surface area (Å²) in [5.41, 5.74) is 3.89. The Bertz CT molecular complexity index is 1170. The highest BCUT2D eigenvalue weighted by molar-refractivity contribution is 5.90. The smallest absolute Gasteiger partial charge is 0.335 e. The number of carbonyl (C=O) groups is 1. The SMILES string of the molecule is N#C/C(=C/c1cccn1-c1ccc(C(=O)O)cc1)c1nc2ccccc2[nH]1. The normalized spacial score (nSPS) is 11.4. The zero-order valence-corrected chi connectivity index (χ0v) is 14.1. The molecular formula is C21H14N4O2. The molecule has 27 heavy (non-hydrogen) atoms. The maximum absolute atomic E-state index is 11.0. The lowest BCUT2D eigenvalue weighted by molar-refractivity contribution is 0.0697. The third-order valence-corrected chi connectivity index (χ3v) is 4.23. The number of carboxylic acid groups (broad SMARTS) is 1. The number of nitrogens with one attached hydrogen (secondary N) is 1. The monoisotopic (exact) mass is 354 g/mol. The first-order chi connectivity index (χ1) is 13.2. The van der Waals surface area contributed by atoms with Gasteiger partial charge in [-0.3, -0.25) is 0 Å². The number of fused-ring (bicyclic) bond motifs is 1. The van der Waals surface area contributed by atoms with E-state index in [-0.39, 0.29) is 5.56 Å². The summed E-state index contributed by atoms with van der Waals surface area (Å²) in [5, 5.41) is 18.6. The largest absolute Gasteiger partial charge is 0.478 e. The van der Waals surface area contributed by atoms with Crippen LogP contribution >= 0.6 is 0 Å². The number of para-hydroxylation sites is 2. The van der Waals surface area contributed by atoms with E-state index in [2.05, 4.69) is 16.0 Å². The predicted octanol–water partition coefficient (Wildman–Crippen LogP) is 4.12. The predicted molar refractivity (Wildman–Crippen MR) is 102 cm³/mol. The number of imidazole rings is 1. The third kappa shape index (κ3) is 3.10. The molecule has 0 amide bonds. The summed E-state index contributed by atoms with van der Waals surface area (Å²) in [4.78, 5) is 18.7. The maximum Gasteiger partial charge on any atom is 0.335 e. The highest BCUT2D eigenvalue weighted by Crippen LogP contribution is 2.21. The first-order valence-corrected chi connectivity index (χ1v) is 8.24. The van der Waals surface area contributed by atoms with Crippen LogP contribution in [-0.4, -0.2) is 25.6 Å². The summed E-state index contributed by atoms with van der Waals surface area (Å²) in [6, 6.07) is 20.1. The minimum Gasteiger partial charge on any atom is -0.478 e. The Balaban J connectivity index is 1.74. The molecule has 0 bridgehead atoms. The van der Waals surface area contributed by atoms with Crippen molar-refractivity contribution in [1.82, 2.24) is 14.5 Å². The number of aromatic amines is 1. The third-order valence-electron chi connectivity index (χ3n) is 4.23. The van der Waals surface area contributed by atoms with Crippen LogP contribution in [0.3, 0.4) is 0 Å². The van der Waals surface area contributed by atoms with E-state index in [4.69, 9.17) is 5.11 Å². The van der Waals surface area contributed by atoms with E-state index in [1.54, 1.807) is 30.3 Å². The number of carboxylic acids is 1. The van der Waals surface area contributed by atoms with Crippen LogP contribution in [0.25, 0.3) is 28.4 Å². The molecule has 0 aliphatic carbocycles. The van der Waals surface area contributed by atoms with Crippen molar-refractivity contribution < 1.29 is 9.90 Å². The maximum atomic E-state index is 11.0. The van der Waals surface area contributed by atoms with E-state index in [9.17, 15) is 10.1 Å². The van der Waals surface area contributed by atoms with Gasteiger partial charge >= 0.3 is 5.97 Å². The molecule has 4 rings (SSSR count). The van der Waals surface area contributed by atoms with Gasteiger partial charge in [-0.15, -0.1) is 0 Å². The van der Waals surface area contributed by atoms with Gasteiger partial charge in [0, 0.05) is 17.6 Å². The number of aromatic carboxylic acids is 1. The fourth-order valence-electron chi connectivity index (χ4n) is 2.89. The van der Waals surface area contributed by atoms with Crippen LogP contribution in [0.15, 0.2) is 66.9 Å². The molecular weight excluding hydrogens is 340 g/mol. The Morgan fingerprint density at radius 3 is 2.59 bits per heavy atom. The highest BCUT2D eigenvalue weighted by atomic mass is 16.4. The number of nitriles is 1. The van der Waals surface area contributed by atoms with E-state index in [1.165, 1.54) is 0 Å². The van der Waals surface area contributed by atoms with Gasteiger partial charge in [-0.05, 0) is 54.6 Å². The molecule has 0 unspecified atom stereocenters. The first-order valence-electron chi connectivity index (χ1n) is 8.24. The quantitative estimate of drug-likeness (QED) is 0.539. The molecule has 0 aliphatic rings. The van der Waals surface area contributed by atoms with Gasteiger partial charge in [-0.2, -0.15) is 5.26 Å². The first kappa shape index (κ1) is 16.4. The van der Waals surface area contributed by atoms with Crippen molar-refractivity contribution in [2.45, 2.75) is 0 Å². The van der Waals surface area contributed by atoms with Crippen LogP contribution < -0.4 is 0 Å². The molecule has 0 fully saturated rings. The Morgan fingerprint density at radius 2 is 1.89 bits per heavy atom. The standard InChI is InChI=1S/C21H14N4O2/c22-13-15(20-23-18-5-1-2-6-19(18)24-20)12-17-4-3-11-25(17)16-9-7-14(8-10-16)21(26)27/h1-12H,(H,23,24)(H,26,27)/b15-12-. The number of H-pyrrole nitrogens is 1. The highest BCUT2D eigenvalue weighted by Gasteiger charge is 2.10. The van der Waals surface area contributed by atoms with Gasteiger partial charge in [0.1, 0.15) is 11.9 Å². The summed E-state index contributed by atoms with van der Waals surface area (Å²) in [6.07, 6.45) is 3.61. The summed E-state index contributed by atoms with van der Waals surface area (Å²) in [6.45, 7) is 0. The molecule has 0 saturated heterocycles. The van der Waals surface area contributed by atoms with Crippen molar-refractivity contribution in [2.75, 3.05) is 0 Å². The molecule has 0 atom stereocenters. The molecule has 0 spiro atoms. The number of allylic oxidation sites excluding steroid dienone is 1. The van der Waals surface area contributed by atoms with Crippen LogP contribution in [0.1, 0.15) is 21.9 Å². The van der Waals surface area contributed by atoms with Crippen molar-refractivity contribution in [3.05, 3.63) is 83.9 Å². The van der Waals surface area contributed by atoms with E-state index in [1.807, 2.05) is 47.2 Å². The summed E-state index contributed by atoms with van der Waals surface area (Å²) >= 11 is 0. The second kappa shape index (κ2) is 6.65. The number of benzene rings is 2. The molecule has 2 aromatic carbocycles. The molecule has 6 nitrogen and oxygen atoms in total. The second-order valence-corrected chi connectivity index (χ2v) is 5.93. The lowest BCUT2D eigenvalue weighted by atomic mass is 10.2. The van der Waals surface area contributed by atoms with E-state index in [0.717, 1.165) is 22.4 Å². The van der Waals surface area contributed by atoms with E-state index >= 15 is 0 Å². The van der Waals surface area contributed by atoms with Crippen molar-refractivity contribution in [3.63, 3.8) is 0 Å². The van der Waals surface area contributed by atoms with Crippen molar-refractivity contribution in [2.24, 2.45) is 0 Å². The van der Waals surface area contributed by atoms with Crippen LogP contribution in [0.4, 0.5) is 0 Å². The van der Waals surface area contributed by atoms with Crippen molar-refractivity contribution in [1.29, 1.82) is 5.26 Å². The molecule has 0 aliphatic heterocycles. The summed E-state index contributed by atoms with van der Waals surface area (Å²) < 4.78 is 1.88. The number of aromatic nitrogens is 3. The van der Waals surface area contributed by atoms with Crippen LogP contribution in [0.5, 0.6) is 0 Å². The van der Waals surface area contributed by atoms with Crippen molar-refractivity contribution in [3.8, 4) is 11.8 Å². The number of rotatable bonds is 4. The van der Waals surface area contributed by atoms with Crippen LogP contribution in [-0.2, 0) is 0 Å². The molecule has 6 heteroatoms. The van der Waals surface area contributed by atoms with Gasteiger partial charge < -0.3 is 14.7 Å². The van der Waals surface area contributed by atoms with E-state index < -0.39 is 5.97 Å². The Kier molecular flexibility index (Phi) is 4.03. The van der Waals surface area contributed by atoms with Gasteiger partial charge in [-0.25, -0.2) is 9.78 Å².